The summed E-state index contributed by atoms with van der Waals surface area (Å²) in [7, 11) is 0. The SMILES string of the molecule is CCC(C)Sc1ccc(C(C)N)cc1F. The standard InChI is InChI=1S/C12H18FNS/c1-4-8(2)15-12-6-5-10(9(3)14)7-11(12)13/h5-9H,4,14H2,1-3H3. The topological polar surface area (TPSA) is 26.0 Å². The predicted octanol–water partition coefficient (Wildman–Crippen LogP) is 3.74. The van der Waals surface area contributed by atoms with E-state index in [4.69, 9.17) is 5.73 Å². The maximum absolute atomic E-state index is 13.6. The van der Waals surface area contributed by atoms with E-state index >= 15 is 0 Å². The fraction of sp³-hybridized carbons (Fsp3) is 0.500. The predicted molar refractivity (Wildman–Crippen MR) is 64.6 cm³/mol. The van der Waals surface area contributed by atoms with Crippen LogP contribution < -0.4 is 5.73 Å². The van der Waals surface area contributed by atoms with Crippen molar-refractivity contribution in [1.29, 1.82) is 0 Å². The van der Waals surface area contributed by atoms with E-state index in [1.807, 2.05) is 19.1 Å². The van der Waals surface area contributed by atoms with Crippen molar-refractivity contribution in [1.82, 2.24) is 0 Å². The number of benzene rings is 1. The molecular weight excluding hydrogens is 209 g/mol. The first-order chi connectivity index (χ1) is 7.04. The molecule has 0 fully saturated rings. The summed E-state index contributed by atoms with van der Waals surface area (Å²) in [5, 5.41) is 0.445. The molecule has 1 nitrogen and oxygen atoms in total. The number of hydrogen-bond acceptors (Lipinski definition) is 2. The zero-order valence-electron chi connectivity index (χ0n) is 9.46. The summed E-state index contributed by atoms with van der Waals surface area (Å²) in [5.41, 5.74) is 6.53. The van der Waals surface area contributed by atoms with Crippen LogP contribution in [-0.4, -0.2) is 5.25 Å². The molecular formula is C12H18FNS. The molecule has 1 aromatic rings. The lowest BCUT2D eigenvalue weighted by Gasteiger charge is -2.11. The van der Waals surface area contributed by atoms with Crippen LogP contribution in [0.5, 0.6) is 0 Å². The fourth-order valence-corrected chi connectivity index (χ4v) is 2.11. The summed E-state index contributed by atoms with van der Waals surface area (Å²) in [6, 6.07) is 5.15. The highest BCUT2D eigenvalue weighted by Crippen LogP contribution is 2.28. The molecule has 0 bridgehead atoms. The van der Waals surface area contributed by atoms with Crippen molar-refractivity contribution in [2.75, 3.05) is 0 Å². The van der Waals surface area contributed by atoms with E-state index in [2.05, 4.69) is 13.8 Å². The van der Waals surface area contributed by atoms with E-state index in [9.17, 15) is 4.39 Å². The van der Waals surface area contributed by atoms with Crippen LogP contribution in [0.15, 0.2) is 23.1 Å². The fourth-order valence-electron chi connectivity index (χ4n) is 1.20. The van der Waals surface area contributed by atoms with Gasteiger partial charge in [-0.1, -0.05) is 19.9 Å². The first-order valence-corrected chi connectivity index (χ1v) is 6.14. The van der Waals surface area contributed by atoms with Crippen molar-refractivity contribution in [2.24, 2.45) is 5.73 Å². The molecule has 2 unspecified atom stereocenters. The van der Waals surface area contributed by atoms with Crippen LogP contribution in [0.25, 0.3) is 0 Å². The average Bonchev–Trinajstić information content (AvgIpc) is 2.20. The van der Waals surface area contributed by atoms with Gasteiger partial charge in [-0.25, -0.2) is 4.39 Å². The molecule has 0 amide bonds. The highest BCUT2D eigenvalue weighted by atomic mass is 32.2. The van der Waals surface area contributed by atoms with Crippen molar-refractivity contribution in [3.8, 4) is 0 Å². The summed E-state index contributed by atoms with van der Waals surface area (Å²) in [4.78, 5) is 0.716. The molecule has 2 atom stereocenters. The third-order valence-electron chi connectivity index (χ3n) is 2.38. The number of thioether (sulfide) groups is 1. The first kappa shape index (κ1) is 12.5. The molecule has 0 radical (unpaired) electrons. The van der Waals surface area contributed by atoms with Crippen LogP contribution >= 0.6 is 11.8 Å². The molecule has 0 saturated heterocycles. The Morgan fingerprint density at radius 3 is 2.53 bits per heavy atom. The Bertz CT molecular complexity index is 325. The Morgan fingerprint density at radius 1 is 1.40 bits per heavy atom. The maximum Gasteiger partial charge on any atom is 0.137 e. The molecule has 0 aromatic heterocycles. The van der Waals surface area contributed by atoms with Crippen LogP contribution in [0.4, 0.5) is 4.39 Å². The molecule has 15 heavy (non-hydrogen) atoms. The Balaban J connectivity index is 2.83. The summed E-state index contributed by atoms with van der Waals surface area (Å²) in [6.07, 6.45) is 1.04. The molecule has 84 valence electrons. The van der Waals surface area contributed by atoms with Crippen molar-refractivity contribution < 1.29 is 4.39 Å². The van der Waals surface area contributed by atoms with E-state index in [1.54, 1.807) is 11.8 Å². The Morgan fingerprint density at radius 2 is 2.07 bits per heavy atom. The number of halogens is 1. The van der Waals surface area contributed by atoms with Crippen LogP contribution in [0.2, 0.25) is 0 Å². The number of nitrogens with two attached hydrogens (primary N) is 1. The molecule has 0 spiro atoms. The zero-order valence-corrected chi connectivity index (χ0v) is 10.3. The van der Waals surface area contributed by atoms with Gasteiger partial charge in [-0.2, -0.15) is 0 Å². The van der Waals surface area contributed by atoms with Gasteiger partial charge in [-0.3, -0.25) is 0 Å². The smallest absolute Gasteiger partial charge is 0.137 e. The summed E-state index contributed by atoms with van der Waals surface area (Å²) in [6.45, 7) is 6.06. The van der Waals surface area contributed by atoms with Gasteiger partial charge in [-0.15, -0.1) is 11.8 Å². The van der Waals surface area contributed by atoms with Crippen LogP contribution in [-0.2, 0) is 0 Å². The lowest BCUT2D eigenvalue weighted by Crippen LogP contribution is -2.05. The summed E-state index contributed by atoms with van der Waals surface area (Å²) < 4.78 is 13.6. The lowest BCUT2D eigenvalue weighted by molar-refractivity contribution is 0.596. The molecule has 0 heterocycles. The zero-order chi connectivity index (χ0) is 11.4. The quantitative estimate of drug-likeness (QED) is 0.793. The lowest BCUT2D eigenvalue weighted by atomic mass is 10.1. The monoisotopic (exact) mass is 227 g/mol. The minimum absolute atomic E-state index is 0.109. The van der Waals surface area contributed by atoms with Crippen molar-refractivity contribution in [3.05, 3.63) is 29.6 Å². The third-order valence-corrected chi connectivity index (χ3v) is 3.71. The van der Waals surface area contributed by atoms with Crippen molar-refractivity contribution in [2.45, 2.75) is 43.4 Å². The molecule has 3 heteroatoms. The van der Waals surface area contributed by atoms with E-state index in [-0.39, 0.29) is 11.9 Å². The van der Waals surface area contributed by atoms with Gasteiger partial charge in [0.1, 0.15) is 5.82 Å². The van der Waals surface area contributed by atoms with Gasteiger partial charge in [0.25, 0.3) is 0 Å². The van der Waals surface area contributed by atoms with Crippen LogP contribution in [0.3, 0.4) is 0 Å². The Kier molecular flexibility index (Phi) is 4.61. The van der Waals surface area contributed by atoms with E-state index in [1.165, 1.54) is 6.07 Å². The maximum atomic E-state index is 13.6. The van der Waals surface area contributed by atoms with E-state index in [0.29, 0.717) is 10.1 Å². The molecule has 0 aliphatic carbocycles. The van der Waals surface area contributed by atoms with Gasteiger partial charge in [0.05, 0.1) is 0 Å². The Labute approximate surface area is 95.2 Å². The van der Waals surface area contributed by atoms with Gasteiger partial charge in [0.2, 0.25) is 0 Å². The molecule has 0 saturated carbocycles. The minimum atomic E-state index is -0.157. The van der Waals surface area contributed by atoms with E-state index < -0.39 is 0 Å². The second kappa shape index (κ2) is 5.52. The molecule has 1 aromatic carbocycles. The van der Waals surface area contributed by atoms with Crippen LogP contribution in [0.1, 0.15) is 38.8 Å². The van der Waals surface area contributed by atoms with Gasteiger partial charge >= 0.3 is 0 Å². The van der Waals surface area contributed by atoms with Gasteiger partial charge in [0, 0.05) is 16.2 Å². The van der Waals surface area contributed by atoms with Crippen molar-refractivity contribution in [3.63, 3.8) is 0 Å². The first-order valence-electron chi connectivity index (χ1n) is 5.26. The molecule has 0 aliphatic heterocycles. The highest BCUT2D eigenvalue weighted by Gasteiger charge is 2.09. The summed E-state index contributed by atoms with van der Waals surface area (Å²) >= 11 is 1.57. The molecule has 0 aliphatic rings. The normalized spacial score (nSPS) is 15.0. The van der Waals surface area contributed by atoms with Gasteiger partial charge in [0.15, 0.2) is 0 Å². The number of rotatable bonds is 4. The second-order valence-corrected chi connectivity index (χ2v) is 5.30. The largest absolute Gasteiger partial charge is 0.324 e. The average molecular weight is 227 g/mol. The van der Waals surface area contributed by atoms with Crippen LogP contribution in [0, 0.1) is 5.82 Å². The number of hydrogen-bond donors (Lipinski definition) is 1. The van der Waals surface area contributed by atoms with Crippen molar-refractivity contribution >= 4 is 11.8 Å². The van der Waals surface area contributed by atoms with Gasteiger partial charge < -0.3 is 5.73 Å². The highest BCUT2D eigenvalue weighted by molar-refractivity contribution is 7.99. The summed E-state index contributed by atoms with van der Waals surface area (Å²) in [5.74, 6) is -0.157. The van der Waals surface area contributed by atoms with Gasteiger partial charge in [-0.05, 0) is 31.0 Å². The van der Waals surface area contributed by atoms with E-state index in [0.717, 1.165) is 12.0 Å². The third kappa shape index (κ3) is 3.50. The molecule has 2 N–H and O–H groups in total. The Hall–Kier alpha value is -0.540. The minimum Gasteiger partial charge on any atom is -0.324 e. The second-order valence-electron chi connectivity index (χ2n) is 3.82. The molecule has 1 rings (SSSR count).